The van der Waals surface area contributed by atoms with Crippen LogP contribution in [0.3, 0.4) is 0 Å². The maximum atomic E-state index is 12.0. The lowest BCUT2D eigenvalue weighted by Gasteiger charge is -2.08. The van der Waals surface area contributed by atoms with Crippen molar-refractivity contribution in [2.45, 2.75) is 30.1 Å². The molecule has 0 atom stereocenters. The summed E-state index contributed by atoms with van der Waals surface area (Å²) in [6, 6.07) is 12.0. The summed E-state index contributed by atoms with van der Waals surface area (Å²) in [6.07, 6.45) is 0.370. The Morgan fingerprint density at radius 1 is 1.12 bits per heavy atom. The molecule has 0 aliphatic heterocycles. The Bertz CT molecular complexity index is 831. The number of anilines is 1. The van der Waals surface area contributed by atoms with Crippen molar-refractivity contribution in [1.29, 1.82) is 0 Å². The van der Waals surface area contributed by atoms with E-state index in [1.54, 1.807) is 11.8 Å². The summed E-state index contributed by atoms with van der Waals surface area (Å²) in [5.41, 5.74) is 2.94. The van der Waals surface area contributed by atoms with Crippen molar-refractivity contribution in [1.82, 2.24) is 0 Å². The molecule has 0 unspecified atom stereocenters. The molecule has 24 heavy (non-hydrogen) atoms. The van der Waals surface area contributed by atoms with Gasteiger partial charge in [-0.15, -0.1) is 11.8 Å². The van der Waals surface area contributed by atoms with Crippen LogP contribution in [-0.2, 0) is 14.8 Å². The number of thioether (sulfide) groups is 1. The molecule has 0 aliphatic rings. The third-order valence-electron chi connectivity index (χ3n) is 3.40. The number of hydrogen-bond acceptors (Lipinski definition) is 4. The van der Waals surface area contributed by atoms with Crippen molar-refractivity contribution in [2.75, 3.05) is 11.1 Å². The summed E-state index contributed by atoms with van der Waals surface area (Å²) in [6.45, 7) is 4.09. The number of sulfonamides is 1. The smallest absolute Gasteiger partial charge is 0.238 e. The van der Waals surface area contributed by atoms with Crippen LogP contribution in [0.25, 0.3) is 0 Å². The minimum absolute atomic E-state index is 0.0194. The third kappa shape index (κ3) is 5.36. The van der Waals surface area contributed by atoms with Gasteiger partial charge in [0.25, 0.3) is 0 Å². The van der Waals surface area contributed by atoms with Gasteiger partial charge in [-0.05, 0) is 49.7 Å². The number of carbonyl (C=O) groups excluding carboxylic acids is 1. The highest BCUT2D eigenvalue weighted by Crippen LogP contribution is 2.24. The van der Waals surface area contributed by atoms with E-state index >= 15 is 0 Å². The molecule has 0 heterocycles. The predicted octanol–water partition coefficient (Wildman–Crippen LogP) is 3.07. The summed E-state index contributed by atoms with van der Waals surface area (Å²) >= 11 is 1.65. The Labute approximate surface area is 146 Å². The number of nitrogens with one attached hydrogen (secondary N) is 1. The Balaban J connectivity index is 1.86. The lowest BCUT2D eigenvalue weighted by Crippen LogP contribution is -2.14. The van der Waals surface area contributed by atoms with Crippen LogP contribution in [0.4, 0.5) is 5.69 Å². The number of carbonyl (C=O) groups is 1. The van der Waals surface area contributed by atoms with E-state index in [9.17, 15) is 13.2 Å². The molecule has 2 rings (SSSR count). The van der Waals surface area contributed by atoms with Crippen LogP contribution >= 0.6 is 11.8 Å². The quantitative estimate of drug-likeness (QED) is 0.771. The number of primary sulfonamides is 1. The van der Waals surface area contributed by atoms with Gasteiger partial charge in [0.2, 0.25) is 15.9 Å². The molecule has 3 N–H and O–H groups in total. The van der Waals surface area contributed by atoms with E-state index in [-0.39, 0.29) is 10.8 Å². The average molecular weight is 364 g/mol. The van der Waals surface area contributed by atoms with Crippen molar-refractivity contribution in [3.63, 3.8) is 0 Å². The Hall–Kier alpha value is -1.83. The molecular formula is C17H20N2O3S2. The minimum Gasteiger partial charge on any atom is -0.326 e. The summed E-state index contributed by atoms with van der Waals surface area (Å²) in [5.74, 6) is 0.557. The molecule has 7 heteroatoms. The molecule has 5 nitrogen and oxygen atoms in total. The minimum atomic E-state index is -3.72. The van der Waals surface area contributed by atoms with Crippen LogP contribution in [0.2, 0.25) is 0 Å². The van der Waals surface area contributed by atoms with Crippen molar-refractivity contribution >= 4 is 33.4 Å². The van der Waals surface area contributed by atoms with Crippen LogP contribution in [0.5, 0.6) is 0 Å². The molecule has 2 aromatic rings. The molecule has 0 bridgehead atoms. The first-order chi connectivity index (χ1) is 11.3. The first-order valence-electron chi connectivity index (χ1n) is 7.38. The van der Waals surface area contributed by atoms with Gasteiger partial charge in [0.1, 0.15) is 0 Å². The summed E-state index contributed by atoms with van der Waals surface area (Å²) in [4.78, 5) is 13.2. The number of hydrogen-bond donors (Lipinski definition) is 2. The SMILES string of the molecule is Cc1ccc(C)c(SCCC(=O)Nc2ccc(S(N)(=O)=O)cc2)c1. The third-order valence-corrected chi connectivity index (χ3v) is 5.49. The van der Waals surface area contributed by atoms with Gasteiger partial charge in [-0.25, -0.2) is 13.6 Å². The fourth-order valence-electron chi connectivity index (χ4n) is 2.07. The topological polar surface area (TPSA) is 89.3 Å². The van der Waals surface area contributed by atoms with Crippen molar-refractivity contribution in [2.24, 2.45) is 5.14 Å². The fourth-order valence-corrected chi connectivity index (χ4v) is 3.66. The molecule has 0 fully saturated rings. The molecule has 128 valence electrons. The molecule has 1 amide bonds. The van der Waals surface area contributed by atoms with Crippen LogP contribution < -0.4 is 10.5 Å². The molecular weight excluding hydrogens is 344 g/mol. The lowest BCUT2D eigenvalue weighted by atomic mass is 10.2. The standard InChI is InChI=1S/C17H20N2O3S2/c1-12-3-4-13(2)16(11-12)23-10-9-17(20)19-14-5-7-15(8-6-14)24(18,21)22/h3-8,11H,9-10H2,1-2H3,(H,19,20)(H2,18,21,22). The molecule has 0 aromatic heterocycles. The largest absolute Gasteiger partial charge is 0.326 e. The highest BCUT2D eigenvalue weighted by molar-refractivity contribution is 7.99. The van der Waals surface area contributed by atoms with E-state index in [0.29, 0.717) is 17.9 Å². The Morgan fingerprint density at radius 2 is 1.79 bits per heavy atom. The predicted molar refractivity (Wildman–Crippen MR) is 97.7 cm³/mol. The zero-order valence-electron chi connectivity index (χ0n) is 13.6. The first-order valence-corrected chi connectivity index (χ1v) is 9.91. The Kier molecular flexibility index (Phi) is 6.04. The Morgan fingerprint density at radius 3 is 2.42 bits per heavy atom. The van der Waals surface area contributed by atoms with Gasteiger partial charge < -0.3 is 5.32 Å². The van der Waals surface area contributed by atoms with Gasteiger partial charge in [-0.3, -0.25) is 4.79 Å². The van der Waals surface area contributed by atoms with E-state index in [1.807, 2.05) is 6.92 Å². The zero-order chi connectivity index (χ0) is 17.7. The molecule has 0 saturated heterocycles. The van der Waals surface area contributed by atoms with Gasteiger partial charge in [0, 0.05) is 22.8 Å². The molecule has 0 radical (unpaired) electrons. The molecule has 0 aliphatic carbocycles. The normalized spacial score (nSPS) is 11.3. The summed E-state index contributed by atoms with van der Waals surface area (Å²) in [5, 5.41) is 7.78. The number of aryl methyl sites for hydroxylation is 2. The van der Waals surface area contributed by atoms with E-state index in [2.05, 4.69) is 30.4 Å². The highest BCUT2D eigenvalue weighted by Gasteiger charge is 2.08. The van der Waals surface area contributed by atoms with Crippen molar-refractivity contribution in [3.8, 4) is 0 Å². The maximum Gasteiger partial charge on any atom is 0.238 e. The van der Waals surface area contributed by atoms with Gasteiger partial charge >= 0.3 is 0 Å². The molecule has 0 saturated carbocycles. The highest BCUT2D eigenvalue weighted by atomic mass is 32.2. The summed E-state index contributed by atoms with van der Waals surface area (Å²) in [7, 11) is -3.72. The summed E-state index contributed by atoms with van der Waals surface area (Å²) < 4.78 is 22.4. The lowest BCUT2D eigenvalue weighted by molar-refractivity contribution is -0.115. The van der Waals surface area contributed by atoms with Gasteiger partial charge in [-0.1, -0.05) is 17.7 Å². The zero-order valence-corrected chi connectivity index (χ0v) is 15.2. The van der Waals surface area contributed by atoms with Crippen molar-refractivity contribution in [3.05, 3.63) is 53.6 Å². The van der Waals surface area contributed by atoms with E-state index in [4.69, 9.17) is 5.14 Å². The van der Waals surface area contributed by atoms with Crippen LogP contribution in [0.15, 0.2) is 52.3 Å². The van der Waals surface area contributed by atoms with E-state index < -0.39 is 10.0 Å². The van der Waals surface area contributed by atoms with Gasteiger partial charge in [-0.2, -0.15) is 0 Å². The van der Waals surface area contributed by atoms with Crippen LogP contribution in [0.1, 0.15) is 17.5 Å². The second kappa shape index (κ2) is 7.83. The number of amides is 1. The van der Waals surface area contributed by atoms with E-state index in [0.717, 1.165) is 0 Å². The molecule has 0 spiro atoms. The monoisotopic (exact) mass is 364 g/mol. The van der Waals surface area contributed by atoms with Crippen molar-refractivity contribution < 1.29 is 13.2 Å². The first kappa shape index (κ1) is 18.5. The average Bonchev–Trinajstić information content (AvgIpc) is 2.50. The van der Waals surface area contributed by atoms with Gasteiger partial charge in [0.15, 0.2) is 0 Å². The van der Waals surface area contributed by atoms with Crippen LogP contribution in [0, 0.1) is 13.8 Å². The maximum absolute atomic E-state index is 12.0. The number of benzene rings is 2. The second-order valence-corrected chi connectivity index (χ2v) is 8.18. The number of rotatable bonds is 6. The number of nitrogens with two attached hydrogens (primary N) is 1. The van der Waals surface area contributed by atoms with E-state index in [1.165, 1.54) is 40.3 Å². The van der Waals surface area contributed by atoms with Crippen LogP contribution in [-0.4, -0.2) is 20.1 Å². The molecule has 2 aromatic carbocycles. The second-order valence-electron chi connectivity index (χ2n) is 5.48. The fraction of sp³-hybridized carbons (Fsp3) is 0.235. The van der Waals surface area contributed by atoms with Gasteiger partial charge in [0.05, 0.1) is 4.90 Å².